The van der Waals surface area contributed by atoms with Gasteiger partial charge in [-0.3, -0.25) is 4.79 Å². The molecule has 0 unspecified atom stereocenters. The van der Waals surface area contributed by atoms with E-state index in [4.69, 9.17) is 11.6 Å². The molecule has 0 fully saturated rings. The predicted octanol–water partition coefficient (Wildman–Crippen LogP) is 3.09. The minimum Gasteiger partial charge on any atom is -0.508 e. The molecule has 1 aliphatic rings. The van der Waals surface area contributed by atoms with Gasteiger partial charge in [-0.1, -0.05) is 11.6 Å². The van der Waals surface area contributed by atoms with E-state index in [9.17, 15) is 15.0 Å². The van der Waals surface area contributed by atoms with Crippen LogP contribution in [0, 0.1) is 0 Å². The van der Waals surface area contributed by atoms with Crippen LogP contribution in [0.4, 0.5) is 5.69 Å². The van der Waals surface area contributed by atoms with Gasteiger partial charge in [0.2, 0.25) is 0 Å². The highest BCUT2D eigenvalue weighted by atomic mass is 35.5. The van der Waals surface area contributed by atoms with Gasteiger partial charge in [0.15, 0.2) is 5.78 Å². The Hall–Kier alpha value is -2.07. The van der Waals surface area contributed by atoms with E-state index in [0.29, 0.717) is 17.0 Å². The molecule has 1 aliphatic carbocycles. The van der Waals surface area contributed by atoms with Gasteiger partial charge < -0.3 is 10.2 Å². The number of allylic oxidation sites excluding steroid dienone is 3. The number of hydrogen-bond donors (Lipinski definition) is 2. The average Bonchev–Trinajstić information content (AvgIpc) is 2.25. The molecule has 2 rings (SSSR count). The third kappa shape index (κ3) is 2.43. The first-order valence-electron chi connectivity index (χ1n) is 5.18. The van der Waals surface area contributed by atoms with Crippen LogP contribution >= 0.6 is 11.6 Å². The number of nitrogens with zero attached hydrogens (tertiary/aromatic N) is 1. The largest absolute Gasteiger partial charge is 0.508 e. The Morgan fingerprint density at radius 3 is 2.56 bits per heavy atom. The lowest BCUT2D eigenvalue weighted by molar-refractivity contribution is -0.110. The van der Waals surface area contributed by atoms with Crippen LogP contribution in [-0.4, -0.2) is 21.7 Å². The normalized spacial score (nSPS) is 17.7. The first-order valence-corrected chi connectivity index (χ1v) is 5.56. The van der Waals surface area contributed by atoms with Crippen LogP contribution in [0.3, 0.4) is 0 Å². The average molecular weight is 264 g/mol. The van der Waals surface area contributed by atoms with Crippen LogP contribution < -0.4 is 0 Å². The Morgan fingerprint density at radius 2 is 1.94 bits per heavy atom. The van der Waals surface area contributed by atoms with Crippen molar-refractivity contribution in [3.63, 3.8) is 0 Å². The molecule has 0 saturated heterocycles. The number of rotatable bonds is 1. The van der Waals surface area contributed by atoms with Crippen LogP contribution in [0.2, 0.25) is 5.02 Å². The Labute approximate surface area is 109 Å². The minimum atomic E-state index is -0.277. The van der Waals surface area contributed by atoms with E-state index >= 15 is 0 Å². The molecule has 0 aliphatic heterocycles. The van der Waals surface area contributed by atoms with Crippen molar-refractivity contribution in [1.82, 2.24) is 0 Å². The van der Waals surface area contributed by atoms with Gasteiger partial charge in [-0.25, -0.2) is 4.99 Å². The Morgan fingerprint density at radius 1 is 1.22 bits per heavy atom. The molecule has 0 amide bonds. The lowest BCUT2D eigenvalue weighted by Crippen LogP contribution is -2.12. The van der Waals surface area contributed by atoms with E-state index < -0.39 is 0 Å². The van der Waals surface area contributed by atoms with Crippen molar-refractivity contribution in [2.75, 3.05) is 0 Å². The monoisotopic (exact) mass is 263 g/mol. The van der Waals surface area contributed by atoms with E-state index in [1.165, 1.54) is 24.3 Å². The number of hydrogen-bond acceptors (Lipinski definition) is 4. The van der Waals surface area contributed by atoms with E-state index in [1.54, 1.807) is 6.92 Å². The summed E-state index contributed by atoms with van der Waals surface area (Å²) in [6.45, 7) is 1.67. The summed E-state index contributed by atoms with van der Waals surface area (Å²) in [5.41, 5.74) is 1.26. The van der Waals surface area contributed by atoms with E-state index in [2.05, 4.69) is 4.99 Å². The number of carbonyl (C=O) groups is 1. The van der Waals surface area contributed by atoms with Crippen molar-refractivity contribution in [2.45, 2.75) is 6.92 Å². The number of halogens is 1. The summed E-state index contributed by atoms with van der Waals surface area (Å²) in [6, 6.07) is 4.33. The fourth-order valence-electron chi connectivity index (χ4n) is 1.58. The molecule has 5 heteroatoms. The van der Waals surface area contributed by atoms with E-state index in [-0.39, 0.29) is 22.3 Å². The van der Waals surface area contributed by atoms with Crippen molar-refractivity contribution in [2.24, 2.45) is 4.99 Å². The number of phenolic OH excluding ortho intramolecular Hbond substituents is 1. The second-order valence-electron chi connectivity index (χ2n) is 3.86. The molecular weight excluding hydrogens is 254 g/mol. The lowest BCUT2D eigenvalue weighted by Gasteiger charge is -2.10. The quantitative estimate of drug-likeness (QED) is 0.765. The van der Waals surface area contributed by atoms with Gasteiger partial charge in [-0.15, -0.1) is 0 Å². The molecule has 92 valence electrons. The maximum absolute atomic E-state index is 11.2. The summed E-state index contributed by atoms with van der Waals surface area (Å²) in [6.07, 6.45) is 2.48. The van der Waals surface area contributed by atoms with Gasteiger partial charge in [0.1, 0.15) is 17.2 Å². The maximum Gasteiger partial charge on any atom is 0.182 e. The fourth-order valence-corrected chi connectivity index (χ4v) is 1.80. The van der Waals surface area contributed by atoms with Crippen LogP contribution in [0.1, 0.15) is 6.92 Å². The van der Waals surface area contributed by atoms with Crippen molar-refractivity contribution < 1.29 is 15.0 Å². The smallest absolute Gasteiger partial charge is 0.182 e. The van der Waals surface area contributed by atoms with Crippen molar-refractivity contribution >= 4 is 28.8 Å². The summed E-state index contributed by atoms with van der Waals surface area (Å²) >= 11 is 5.92. The number of benzene rings is 1. The minimum absolute atomic E-state index is 0.0369. The maximum atomic E-state index is 11.2. The molecule has 1 aromatic rings. The second kappa shape index (κ2) is 4.66. The van der Waals surface area contributed by atoms with Gasteiger partial charge >= 0.3 is 0 Å². The molecule has 0 aromatic heterocycles. The van der Waals surface area contributed by atoms with Crippen LogP contribution in [-0.2, 0) is 4.79 Å². The molecule has 1 aromatic carbocycles. The number of carbonyl (C=O) groups excluding carboxylic acids is 1. The van der Waals surface area contributed by atoms with Crippen LogP contribution in [0.5, 0.6) is 5.75 Å². The van der Waals surface area contributed by atoms with Gasteiger partial charge in [0.25, 0.3) is 0 Å². The zero-order valence-corrected chi connectivity index (χ0v) is 10.3. The summed E-state index contributed by atoms with van der Waals surface area (Å²) in [5.74, 6) is -0.431. The lowest BCUT2D eigenvalue weighted by atomic mass is 10.0. The van der Waals surface area contributed by atoms with Crippen molar-refractivity contribution in [3.05, 3.63) is 46.7 Å². The molecular formula is C13H10ClNO3. The standard InChI is InChI=1S/C13H10ClNO3/c1-7-4-9(17)6-12(18)13(7)15-11-3-2-8(16)5-10(11)14/h2-6,16,18H,1H3. The van der Waals surface area contributed by atoms with Gasteiger partial charge in [0.05, 0.1) is 10.7 Å². The molecule has 0 radical (unpaired) electrons. The van der Waals surface area contributed by atoms with E-state index in [1.807, 2.05) is 0 Å². The third-order valence-corrected chi connectivity index (χ3v) is 2.72. The molecule has 0 heterocycles. The number of aliphatic hydroxyl groups excluding tert-OH is 1. The van der Waals surface area contributed by atoms with Gasteiger partial charge in [0, 0.05) is 12.1 Å². The topological polar surface area (TPSA) is 69.9 Å². The molecule has 0 spiro atoms. The number of aliphatic hydroxyl groups is 1. The highest BCUT2D eigenvalue weighted by Gasteiger charge is 2.16. The molecule has 2 N–H and O–H groups in total. The second-order valence-corrected chi connectivity index (χ2v) is 4.26. The zero-order chi connectivity index (χ0) is 13.3. The first kappa shape index (κ1) is 12.4. The summed E-state index contributed by atoms with van der Waals surface area (Å²) in [4.78, 5) is 15.4. The number of phenols is 1. The predicted molar refractivity (Wildman–Crippen MR) is 69.7 cm³/mol. The molecule has 4 nitrogen and oxygen atoms in total. The molecule has 0 bridgehead atoms. The molecule has 0 saturated carbocycles. The van der Waals surface area contributed by atoms with Crippen molar-refractivity contribution in [3.8, 4) is 5.75 Å². The van der Waals surface area contributed by atoms with E-state index in [0.717, 1.165) is 6.08 Å². The fraction of sp³-hybridized carbons (Fsp3) is 0.0769. The summed E-state index contributed by atoms with van der Waals surface area (Å²) in [7, 11) is 0. The SMILES string of the molecule is CC1=CC(=O)C=C(O)C1=Nc1ccc(O)cc1Cl. The summed E-state index contributed by atoms with van der Waals surface area (Å²) in [5, 5.41) is 19.2. The van der Waals surface area contributed by atoms with Crippen LogP contribution in [0.25, 0.3) is 0 Å². The highest BCUT2D eigenvalue weighted by Crippen LogP contribution is 2.30. The third-order valence-electron chi connectivity index (χ3n) is 2.42. The first-order chi connectivity index (χ1) is 8.47. The Balaban J connectivity index is 2.48. The Kier molecular flexibility index (Phi) is 3.21. The number of ketones is 1. The molecule has 0 atom stereocenters. The zero-order valence-electron chi connectivity index (χ0n) is 9.51. The molecule has 18 heavy (non-hydrogen) atoms. The summed E-state index contributed by atoms with van der Waals surface area (Å²) < 4.78 is 0. The van der Waals surface area contributed by atoms with Crippen molar-refractivity contribution in [1.29, 1.82) is 0 Å². The van der Waals surface area contributed by atoms with Gasteiger partial charge in [-0.2, -0.15) is 0 Å². The van der Waals surface area contributed by atoms with Gasteiger partial charge in [-0.05, 0) is 30.7 Å². The number of aliphatic imine (C=N–C) groups is 1. The number of aromatic hydroxyl groups is 1. The Bertz CT molecular complexity index is 591. The highest BCUT2D eigenvalue weighted by molar-refractivity contribution is 6.33. The van der Waals surface area contributed by atoms with Crippen LogP contribution in [0.15, 0.2) is 46.7 Å².